The highest BCUT2D eigenvalue weighted by molar-refractivity contribution is 5.75. The number of carbonyl (C=O) groups is 2. The fraction of sp³-hybridized carbons (Fsp3) is 0.765. The van der Waals surface area contributed by atoms with Crippen molar-refractivity contribution in [2.24, 2.45) is 11.3 Å². The van der Waals surface area contributed by atoms with E-state index in [1.807, 2.05) is 6.92 Å². The summed E-state index contributed by atoms with van der Waals surface area (Å²) in [6, 6.07) is -0.310. The van der Waals surface area contributed by atoms with Crippen LogP contribution in [0.3, 0.4) is 0 Å². The van der Waals surface area contributed by atoms with Crippen LogP contribution in [0, 0.1) is 11.3 Å². The second-order valence-corrected chi connectivity index (χ2v) is 7.16. The number of ether oxygens (including phenoxy) is 2. The van der Waals surface area contributed by atoms with Crippen molar-refractivity contribution in [2.45, 2.75) is 65.4 Å². The molecule has 132 valence electrons. The van der Waals surface area contributed by atoms with E-state index < -0.39 is 17.6 Å². The van der Waals surface area contributed by atoms with Crippen LogP contribution in [0.5, 0.6) is 0 Å². The lowest BCUT2D eigenvalue weighted by Gasteiger charge is -2.44. The summed E-state index contributed by atoms with van der Waals surface area (Å²) in [4.78, 5) is 23.3. The number of aliphatic hydroxyl groups is 1. The van der Waals surface area contributed by atoms with Crippen molar-refractivity contribution in [3.8, 4) is 0 Å². The minimum absolute atomic E-state index is 0.0119. The first-order valence-corrected chi connectivity index (χ1v) is 7.96. The van der Waals surface area contributed by atoms with Gasteiger partial charge in [0.2, 0.25) is 5.91 Å². The number of aliphatic hydroxyl groups excluding tert-OH is 1. The van der Waals surface area contributed by atoms with Crippen LogP contribution in [-0.2, 0) is 19.1 Å². The Morgan fingerprint density at radius 2 is 1.96 bits per heavy atom. The third-order valence-corrected chi connectivity index (χ3v) is 4.00. The van der Waals surface area contributed by atoms with E-state index in [0.717, 1.165) is 0 Å². The molecular formula is C17H29NO5. The fourth-order valence-corrected chi connectivity index (χ4v) is 2.62. The van der Waals surface area contributed by atoms with Crippen LogP contribution in [0.2, 0.25) is 0 Å². The molecule has 6 heteroatoms. The lowest BCUT2D eigenvalue weighted by Crippen LogP contribution is -2.60. The molecule has 0 aromatic heterocycles. The standard InChI is InChI=1S/C17H29NO5/c1-7-8-12-14(18-11(3)19)10(2)15(20)13(23-12)9-22-16(21)17(4,5)6/h7,10,12-15,20H,1,8-9H2,2-6H3,(H,18,19)/t10-,12-,13?,14?,15+/m1/s1. The molecule has 0 aliphatic carbocycles. The van der Waals surface area contributed by atoms with Crippen molar-refractivity contribution in [2.75, 3.05) is 6.61 Å². The maximum atomic E-state index is 11.9. The SMILES string of the molecule is C=CC[C@H]1OC(COC(=O)C(C)(C)C)[C@@H](O)[C@H](C)C1NC(C)=O. The zero-order valence-corrected chi connectivity index (χ0v) is 14.7. The summed E-state index contributed by atoms with van der Waals surface area (Å²) in [6.07, 6.45) is 0.480. The van der Waals surface area contributed by atoms with Gasteiger partial charge in [-0.25, -0.2) is 0 Å². The quantitative estimate of drug-likeness (QED) is 0.589. The van der Waals surface area contributed by atoms with Gasteiger partial charge in [-0.05, 0) is 27.2 Å². The maximum Gasteiger partial charge on any atom is 0.311 e. The minimum atomic E-state index is -0.833. The second-order valence-electron chi connectivity index (χ2n) is 7.16. The van der Waals surface area contributed by atoms with E-state index in [0.29, 0.717) is 6.42 Å². The normalized spacial score (nSPS) is 31.3. The highest BCUT2D eigenvalue weighted by Crippen LogP contribution is 2.28. The molecular weight excluding hydrogens is 298 g/mol. The lowest BCUT2D eigenvalue weighted by atomic mass is 9.84. The molecule has 0 saturated carbocycles. The molecule has 0 radical (unpaired) electrons. The van der Waals surface area contributed by atoms with Gasteiger partial charge in [0.15, 0.2) is 0 Å². The molecule has 0 spiro atoms. The van der Waals surface area contributed by atoms with Crippen LogP contribution in [0.25, 0.3) is 0 Å². The van der Waals surface area contributed by atoms with Crippen molar-refractivity contribution in [3.63, 3.8) is 0 Å². The Balaban J connectivity index is 2.78. The first-order chi connectivity index (χ1) is 10.6. The summed E-state index contributed by atoms with van der Waals surface area (Å²) in [5.74, 6) is -0.745. The van der Waals surface area contributed by atoms with Crippen LogP contribution in [0.15, 0.2) is 12.7 Å². The molecule has 1 rings (SSSR count). The Morgan fingerprint density at radius 3 is 2.43 bits per heavy atom. The van der Waals surface area contributed by atoms with Gasteiger partial charge in [0.05, 0.1) is 23.7 Å². The molecule has 1 aliphatic heterocycles. The van der Waals surface area contributed by atoms with E-state index in [1.165, 1.54) is 6.92 Å². The van der Waals surface area contributed by atoms with Gasteiger partial charge < -0.3 is 19.9 Å². The lowest BCUT2D eigenvalue weighted by molar-refractivity contribution is -0.186. The summed E-state index contributed by atoms with van der Waals surface area (Å²) >= 11 is 0. The summed E-state index contributed by atoms with van der Waals surface area (Å²) in [5.41, 5.74) is -0.607. The third kappa shape index (κ3) is 5.32. The van der Waals surface area contributed by atoms with Gasteiger partial charge in [-0.2, -0.15) is 0 Å². The van der Waals surface area contributed by atoms with Crippen molar-refractivity contribution in [3.05, 3.63) is 12.7 Å². The molecule has 2 unspecified atom stereocenters. The van der Waals surface area contributed by atoms with Crippen molar-refractivity contribution >= 4 is 11.9 Å². The van der Waals surface area contributed by atoms with Gasteiger partial charge in [0, 0.05) is 12.8 Å². The molecule has 0 aromatic carbocycles. The summed E-state index contributed by atoms with van der Waals surface area (Å²) < 4.78 is 11.1. The predicted octanol–water partition coefficient (Wildman–Crippen LogP) is 1.42. The fourth-order valence-electron chi connectivity index (χ4n) is 2.62. The largest absolute Gasteiger partial charge is 0.462 e. The Kier molecular flexibility index (Phi) is 6.77. The number of nitrogens with one attached hydrogen (secondary N) is 1. The molecule has 1 saturated heterocycles. The van der Waals surface area contributed by atoms with E-state index in [2.05, 4.69) is 11.9 Å². The van der Waals surface area contributed by atoms with E-state index in [4.69, 9.17) is 9.47 Å². The number of amides is 1. The third-order valence-electron chi connectivity index (χ3n) is 4.00. The summed E-state index contributed by atoms with van der Waals surface area (Å²) in [7, 11) is 0. The van der Waals surface area contributed by atoms with E-state index in [-0.39, 0.29) is 36.5 Å². The second kappa shape index (κ2) is 7.93. The van der Waals surface area contributed by atoms with Gasteiger partial charge in [0.1, 0.15) is 12.7 Å². The average Bonchev–Trinajstić information content (AvgIpc) is 2.43. The average molecular weight is 327 g/mol. The van der Waals surface area contributed by atoms with Crippen LogP contribution >= 0.6 is 0 Å². The molecule has 23 heavy (non-hydrogen) atoms. The van der Waals surface area contributed by atoms with Crippen molar-refractivity contribution < 1.29 is 24.2 Å². The Morgan fingerprint density at radius 1 is 1.35 bits per heavy atom. The zero-order chi connectivity index (χ0) is 17.8. The van der Waals surface area contributed by atoms with Crippen molar-refractivity contribution in [1.29, 1.82) is 0 Å². The molecule has 1 fully saturated rings. The molecule has 0 aromatic rings. The zero-order valence-electron chi connectivity index (χ0n) is 14.7. The minimum Gasteiger partial charge on any atom is -0.462 e. The van der Waals surface area contributed by atoms with Gasteiger partial charge in [0.25, 0.3) is 0 Å². The topological polar surface area (TPSA) is 84.9 Å². The van der Waals surface area contributed by atoms with Crippen LogP contribution in [0.1, 0.15) is 41.0 Å². The Bertz CT molecular complexity index is 443. The van der Waals surface area contributed by atoms with E-state index in [1.54, 1.807) is 26.8 Å². The maximum absolute atomic E-state index is 11.9. The molecule has 6 nitrogen and oxygen atoms in total. The van der Waals surface area contributed by atoms with Crippen LogP contribution < -0.4 is 5.32 Å². The van der Waals surface area contributed by atoms with E-state index in [9.17, 15) is 14.7 Å². The first-order valence-electron chi connectivity index (χ1n) is 7.96. The van der Waals surface area contributed by atoms with Gasteiger partial charge in [-0.3, -0.25) is 9.59 Å². The number of hydrogen-bond acceptors (Lipinski definition) is 5. The number of hydrogen-bond donors (Lipinski definition) is 2. The predicted molar refractivity (Wildman–Crippen MR) is 86.7 cm³/mol. The van der Waals surface area contributed by atoms with Gasteiger partial charge in [-0.1, -0.05) is 13.0 Å². The number of esters is 1. The monoisotopic (exact) mass is 327 g/mol. The van der Waals surface area contributed by atoms with Gasteiger partial charge in [-0.15, -0.1) is 6.58 Å². The highest BCUT2D eigenvalue weighted by atomic mass is 16.6. The highest BCUT2D eigenvalue weighted by Gasteiger charge is 2.43. The van der Waals surface area contributed by atoms with Gasteiger partial charge >= 0.3 is 5.97 Å². The van der Waals surface area contributed by atoms with Crippen molar-refractivity contribution in [1.82, 2.24) is 5.32 Å². The van der Waals surface area contributed by atoms with Crippen LogP contribution in [0.4, 0.5) is 0 Å². The summed E-state index contributed by atoms with van der Waals surface area (Å²) in [5, 5.41) is 13.3. The molecule has 2 N–H and O–H groups in total. The number of carbonyl (C=O) groups excluding carboxylic acids is 2. The first kappa shape index (κ1) is 19.6. The summed E-state index contributed by atoms with van der Waals surface area (Å²) in [6.45, 7) is 12.3. The molecule has 1 heterocycles. The molecule has 5 atom stereocenters. The molecule has 0 bridgehead atoms. The Hall–Kier alpha value is -1.40. The van der Waals surface area contributed by atoms with E-state index >= 15 is 0 Å². The number of rotatable bonds is 5. The Labute approximate surface area is 138 Å². The smallest absolute Gasteiger partial charge is 0.311 e. The molecule has 1 amide bonds. The van der Waals surface area contributed by atoms with Crippen LogP contribution in [-0.4, -0.2) is 47.9 Å². The molecule has 1 aliphatic rings.